The van der Waals surface area contributed by atoms with Gasteiger partial charge in [0, 0.05) is 23.3 Å². The van der Waals surface area contributed by atoms with E-state index in [9.17, 15) is 4.39 Å². The summed E-state index contributed by atoms with van der Waals surface area (Å²) in [5.41, 5.74) is 9.61. The fraction of sp³-hybridized carbons (Fsp3) is 0.438. The molecule has 0 amide bonds. The average molecular weight is 383 g/mol. The van der Waals surface area contributed by atoms with E-state index in [4.69, 9.17) is 17.3 Å². The Labute approximate surface area is 154 Å². The largest absolute Gasteiger partial charge is 0.362 e. The first-order chi connectivity index (χ1) is 11.9. The Hall–Kier alpha value is -1.77. The highest BCUT2D eigenvalue weighted by Crippen LogP contribution is 2.29. The number of alkyl halides is 1. The molecule has 0 aliphatic carbocycles. The number of hydrogen-bond acceptors (Lipinski definition) is 6. The lowest BCUT2D eigenvalue weighted by Gasteiger charge is -2.13. The second-order valence-corrected chi connectivity index (χ2v) is 7.32. The molecule has 3 aromatic heterocycles. The Balaban J connectivity index is 2.02. The molecule has 0 bridgehead atoms. The predicted molar refractivity (Wildman–Crippen MR) is 99.2 cm³/mol. The van der Waals surface area contributed by atoms with Gasteiger partial charge in [0.1, 0.15) is 16.7 Å². The zero-order chi connectivity index (χ0) is 18.1. The molecule has 25 heavy (non-hydrogen) atoms. The van der Waals surface area contributed by atoms with Crippen molar-refractivity contribution in [3.8, 4) is 0 Å². The van der Waals surface area contributed by atoms with Crippen LogP contribution in [0.4, 0.5) is 10.2 Å². The Morgan fingerprint density at radius 3 is 2.84 bits per heavy atom. The van der Waals surface area contributed by atoms with Crippen LogP contribution >= 0.6 is 22.9 Å². The number of anilines is 1. The van der Waals surface area contributed by atoms with Gasteiger partial charge in [-0.05, 0) is 49.9 Å². The van der Waals surface area contributed by atoms with Gasteiger partial charge in [0.15, 0.2) is 5.82 Å². The molecule has 0 saturated heterocycles. The van der Waals surface area contributed by atoms with Gasteiger partial charge in [0.05, 0.1) is 6.54 Å². The second-order valence-electron chi connectivity index (χ2n) is 6.00. The number of hydrogen-bond donors (Lipinski definition) is 2. The zero-order valence-corrected chi connectivity index (χ0v) is 15.8. The highest BCUT2D eigenvalue weighted by molar-refractivity contribution is 7.09. The van der Waals surface area contributed by atoms with Crippen molar-refractivity contribution in [2.24, 2.45) is 5.73 Å². The van der Waals surface area contributed by atoms with Crippen LogP contribution < -0.4 is 11.1 Å². The smallest absolute Gasteiger partial charge is 0.243 e. The third kappa shape index (κ3) is 3.61. The van der Waals surface area contributed by atoms with Gasteiger partial charge in [-0.25, -0.2) is 13.9 Å². The highest BCUT2D eigenvalue weighted by Gasteiger charge is 2.22. The van der Waals surface area contributed by atoms with Crippen LogP contribution in [0.5, 0.6) is 0 Å². The van der Waals surface area contributed by atoms with E-state index in [1.165, 1.54) is 6.92 Å². The fourth-order valence-electron chi connectivity index (χ4n) is 2.84. The van der Waals surface area contributed by atoms with Crippen molar-refractivity contribution >= 4 is 34.3 Å². The summed E-state index contributed by atoms with van der Waals surface area (Å²) in [6.45, 7) is 5.92. The number of rotatable bonds is 6. The average Bonchev–Trinajstić information content (AvgIpc) is 3.15. The predicted octanol–water partition coefficient (Wildman–Crippen LogP) is 3.30. The quantitative estimate of drug-likeness (QED) is 0.683. The third-order valence-electron chi connectivity index (χ3n) is 4.31. The third-order valence-corrected chi connectivity index (χ3v) is 5.25. The summed E-state index contributed by atoms with van der Waals surface area (Å²) in [5.74, 6) is 0.629. The molecular formula is C16H20ClFN6S. The van der Waals surface area contributed by atoms with E-state index in [2.05, 4.69) is 20.4 Å². The number of nitrogens with one attached hydrogen (secondary N) is 1. The maximum atomic E-state index is 13.5. The molecule has 3 heterocycles. The van der Waals surface area contributed by atoms with Crippen LogP contribution in [-0.2, 0) is 13.0 Å². The maximum Gasteiger partial charge on any atom is 0.243 e. The molecule has 0 aliphatic heterocycles. The monoisotopic (exact) mass is 382 g/mol. The van der Waals surface area contributed by atoms with Gasteiger partial charge in [0.25, 0.3) is 0 Å². The van der Waals surface area contributed by atoms with Gasteiger partial charge in [-0.1, -0.05) is 0 Å². The Bertz CT molecular complexity index is 877. The van der Waals surface area contributed by atoms with Crippen LogP contribution in [0.1, 0.15) is 28.8 Å². The van der Waals surface area contributed by atoms with Crippen LogP contribution in [0, 0.1) is 13.8 Å². The van der Waals surface area contributed by atoms with Gasteiger partial charge in [-0.15, -0.1) is 16.4 Å². The number of fused-ring (bicyclic) bond motifs is 1. The van der Waals surface area contributed by atoms with Crippen LogP contribution in [0.15, 0.2) is 11.6 Å². The van der Waals surface area contributed by atoms with Gasteiger partial charge >= 0.3 is 0 Å². The molecule has 3 aromatic rings. The first kappa shape index (κ1) is 18.0. The lowest BCUT2D eigenvalue weighted by atomic mass is 10.0. The van der Waals surface area contributed by atoms with E-state index < -0.39 is 12.2 Å². The molecule has 0 aliphatic rings. The lowest BCUT2D eigenvalue weighted by molar-refractivity contribution is 0.304. The molecule has 0 fully saturated rings. The first-order valence-corrected chi connectivity index (χ1v) is 9.20. The molecule has 2 atom stereocenters. The number of nitrogens with zero attached hydrogens (tertiary/aromatic N) is 4. The maximum absolute atomic E-state index is 13.5. The Kier molecular flexibility index (Phi) is 5.21. The van der Waals surface area contributed by atoms with Crippen molar-refractivity contribution in [3.05, 3.63) is 38.7 Å². The van der Waals surface area contributed by atoms with Crippen molar-refractivity contribution in [3.63, 3.8) is 0 Å². The molecule has 134 valence electrons. The van der Waals surface area contributed by atoms with Gasteiger partial charge < -0.3 is 11.1 Å². The van der Waals surface area contributed by atoms with Gasteiger partial charge in [-0.2, -0.15) is 4.98 Å². The number of aryl methyl sites for hydroxylation is 2. The zero-order valence-electron chi connectivity index (χ0n) is 14.3. The van der Waals surface area contributed by atoms with Crippen molar-refractivity contribution in [1.82, 2.24) is 19.6 Å². The molecular weight excluding hydrogens is 363 g/mol. The molecule has 3 N–H and O–H groups in total. The normalized spacial score (nSPS) is 14.0. The minimum absolute atomic E-state index is 0.141. The Morgan fingerprint density at radius 1 is 1.44 bits per heavy atom. The van der Waals surface area contributed by atoms with Crippen LogP contribution in [0.2, 0.25) is 5.28 Å². The van der Waals surface area contributed by atoms with Crippen molar-refractivity contribution < 1.29 is 4.39 Å². The molecule has 9 heteroatoms. The summed E-state index contributed by atoms with van der Waals surface area (Å²) >= 11 is 7.65. The van der Waals surface area contributed by atoms with Gasteiger partial charge in [-0.3, -0.25) is 0 Å². The fourth-order valence-corrected chi connectivity index (χ4v) is 3.56. The molecule has 3 rings (SSSR count). The van der Waals surface area contributed by atoms with E-state index in [1.54, 1.807) is 22.0 Å². The van der Waals surface area contributed by atoms with Crippen LogP contribution in [0.25, 0.3) is 5.52 Å². The summed E-state index contributed by atoms with van der Waals surface area (Å²) in [4.78, 5) is 8.58. The topological polar surface area (TPSA) is 81.1 Å². The van der Waals surface area contributed by atoms with Crippen LogP contribution in [0.3, 0.4) is 0 Å². The minimum atomic E-state index is -1.08. The van der Waals surface area contributed by atoms with Gasteiger partial charge in [0.2, 0.25) is 5.28 Å². The second kappa shape index (κ2) is 7.23. The van der Waals surface area contributed by atoms with E-state index in [0.29, 0.717) is 18.8 Å². The van der Waals surface area contributed by atoms with Crippen molar-refractivity contribution in [2.45, 2.75) is 46.0 Å². The van der Waals surface area contributed by atoms with Crippen molar-refractivity contribution in [2.75, 3.05) is 5.32 Å². The molecule has 0 unspecified atom stereocenters. The SMILES string of the molecule is Cc1c(C[C@@H](N)[C@H](C)F)c(C)n2nc(Cl)nc(NCc3nccs3)c12. The molecule has 0 radical (unpaired) electrons. The Morgan fingerprint density at radius 2 is 2.20 bits per heavy atom. The minimum Gasteiger partial charge on any atom is -0.362 e. The number of halogens is 2. The molecule has 6 nitrogen and oxygen atoms in total. The first-order valence-electron chi connectivity index (χ1n) is 7.94. The van der Waals surface area contributed by atoms with Crippen molar-refractivity contribution in [1.29, 1.82) is 0 Å². The van der Waals surface area contributed by atoms with Crippen LogP contribution in [-0.4, -0.2) is 31.8 Å². The summed E-state index contributed by atoms with van der Waals surface area (Å²) in [7, 11) is 0. The molecule has 0 aromatic carbocycles. The standard InChI is InChI=1S/C16H20ClFN6S/c1-8-11(6-12(19)9(2)18)10(3)24-14(8)15(22-16(17)23-24)21-7-13-20-4-5-25-13/h4-5,9,12H,6-7,19H2,1-3H3,(H,21,22,23)/t9-,12+/m0/s1. The van der Waals surface area contributed by atoms with E-state index in [1.807, 2.05) is 19.2 Å². The summed E-state index contributed by atoms with van der Waals surface area (Å²) < 4.78 is 15.3. The number of thiazole rings is 1. The summed E-state index contributed by atoms with van der Waals surface area (Å²) in [5, 5.41) is 10.6. The summed E-state index contributed by atoms with van der Waals surface area (Å²) in [6, 6.07) is -0.565. The van der Waals surface area contributed by atoms with E-state index >= 15 is 0 Å². The van der Waals surface area contributed by atoms with E-state index in [-0.39, 0.29) is 5.28 Å². The lowest BCUT2D eigenvalue weighted by Crippen LogP contribution is -2.32. The number of nitrogens with two attached hydrogens (primary N) is 1. The molecule has 0 spiro atoms. The summed E-state index contributed by atoms with van der Waals surface area (Å²) in [6.07, 6.45) is 1.11. The molecule has 0 saturated carbocycles. The highest BCUT2D eigenvalue weighted by atomic mass is 35.5. The number of aromatic nitrogens is 4. The van der Waals surface area contributed by atoms with E-state index in [0.717, 1.165) is 27.3 Å².